The molecular formula is C18H28ClN3O3S. The van der Waals surface area contributed by atoms with Crippen LogP contribution in [0, 0.1) is 5.92 Å². The SMILES string of the molecule is CC1CCNCC1NC(=O)c1cccc(S(=O)(=O)N2CCCCC2)c1.Cl. The van der Waals surface area contributed by atoms with E-state index in [0.29, 0.717) is 24.6 Å². The van der Waals surface area contributed by atoms with Gasteiger partial charge in [0, 0.05) is 31.2 Å². The quantitative estimate of drug-likeness (QED) is 0.808. The van der Waals surface area contributed by atoms with Crippen molar-refractivity contribution in [3.63, 3.8) is 0 Å². The Balaban J connectivity index is 0.00000243. The van der Waals surface area contributed by atoms with E-state index in [9.17, 15) is 13.2 Å². The number of sulfonamides is 1. The van der Waals surface area contributed by atoms with Gasteiger partial charge in [-0.1, -0.05) is 19.4 Å². The summed E-state index contributed by atoms with van der Waals surface area (Å²) in [5.74, 6) is 0.196. The molecule has 2 N–H and O–H groups in total. The Bertz CT molecular complexity index is 720. The first-order chi connectivity index (χ1) is 12.0. The Hall–Kier alpha value is -1.15. The average Bonchev–Trinajstić information content (AvgIpc) is 2.64. The number of nitrogens with zero attached hydrogens (tertiary/aromatic N) is 1. The van der Waals surface area contributed by atoms with Gasteiger partial charge in [-0.3, -0.25) is 4.79 Å². The van der Waals surface area contributed by atoms with E-state index < -0.39 is 10.0 Å². The first-order valence-corrected chi connectivity index (χ1v) is 10.5. The second-order valence-corrected chi connectivity index (χ2v) is 8.98. The van der Waals surface area contributed by atoms with Crippen LogP contribution in [-0.2, 0) is 10.0 Å². The van der Waals surface area contributed by atoms with Crippen molar-refractivity contribution in [3.05, 3.63) is 29.8 Å². The number of piperidine rings is 2. The third-order valence-electron chi connectivity index (χ3n) is 5.19. The van der Waals surface area contributed by atoms with Crippen molar-refractivity contribution >= 4 is 28.3 Å². The van der Waals surface area contributed by atoms with Crippen LogP contribution in [0.2, 0.25) is 0 Å². The molecule has 2 unspecified atom stereocenters. The highest BCUT2D eigenvalue weighted by molar-refractivity contribution is 7.89. The molecule has 0 radical (unpaired) electrons. The summed E-state index contributed by atoms with van der Waals surface area (Å²) < 4.78 is 27.1. The Kier molecular flexibility index (Phi) is 7.46. The van der Waals surface area contributed by atoms with Crippen molar-refractivity contribution in [3.8, 4) is 0 Å². The smallest absolute Gasteiger partial charge is 0.251 e. The molecule has 0 aliphatic carbocycles. The second kappa shape index (κ2) is 9.17. The van der Waals surface area contributed by atoms with Gasteiger partial charge < -0.3 is 10.6 Å². The number of benzene rings is 1. The van der Waals surface area contributed by atoms with E-state index in [0.717, 1.165) is 38.8 Å². The largest absolute Gasteiger partial charge is 0.348 e. The summed E-state index contributed by atoms with van der Waals surface area (Å²) in [7, 11) is -3.52. The lowest BCUT2D eigenvalue weighted by Gasteiger charge is -2.30. The summed E-state index contributed by atoms with van der Waals surface area (Å²) in [5.41, 5.74) is 0.399. The zero-order valence-electron chi connectivity index (χ0n) is 15.1. The molecule has 0 aromatic heterocycles. The monoisotopic (exact) mass is 401 g/mol. The molecule has 2 heterocycles. The van der Waals surface area contributed by atoms with Crippen molar-refractivity contribution in [2.45, 2.75) is 43.5 Å². The number of rotatable bonds is 4. The van der Waals surface area contributed by atoms with E-state index in [1.165, 1.54) is 10.4 Å². The van der Waals surface area contributed by atoms with Crippen LogP contribution in [0.5, 0.6) is 0 Å². The minimum Gasteiger partial charge on any atom is -0.348 e. The zero-order chi connectivity index (χ0) is 17.9. The molecule has 1 amide bonds. The van der Waals surface area contributed by atoms with Gasteiger partial charge in [0.1, 0.15) is 0 Å². The van der Waals surface area contributed by atoms with E-state index in [2.05, 4.69) is 17.6 Å². The van der Waals surface area contributed by atoms with E-state index in [1.807, 2.05) is 0 Å². The lowest BCUT2D eigenvalue weighted by molar-refractivity contribution is 0.0915. The van der Waals surface area contributed by atoms with Crippen molar-refractivity contribution in [1.29, 1.82) is 0 Å². The third kappa shape index (κ3) is 4.76. The summed E-state index contributed by atoms with van der Waals surface area (Å²) in [6, 6.07) is 6.47. The molecule has 2 atom stereocenters. The standard InChI is InChI=1S/C18H27N3O3S.ClH/c1-14-8-9-19-13-17(14)20-18(22)15-6-5-7-16(12-15)25(23,24)21-10-3-2-4-11-21;/h5-7,12,14,17,19H,2-4,8-11,13H2,1H3,(H,20,22);1H. The molecular weight excluding hydrogens is 374 g/mol. The fourth-order valence-corrected chi connectivity index (χ4v) is 5.05. The van der Waals surface area contributed by atoms with Crippen LogP contribution in [0.4, 0.5) is 0 Å². The molecule has 2 aliphatic rings. The molecule has 1 aromatic carbocycles. The normalized spacial score (nSPS) is 24.5. The molecule has 2 saturated heterocycles. The highest BCUT2D eigenvalue weighted by Crippen LogP contribution is 2.21. The van der Waals surface area contributed by atoms with Crippen molar-refractivity contribution in [1.82, 2.24) is 14.9 Å². The number of carbonyl (C=O) groups is 1. The number of halogens is 1. The lowest BCUT2D eigenvalue weighted by atomic mass is 9.94. The average molecular weight is 402 g/mol. The molecule has 3 rings (SSSR count). The second-order valence-electron chi connectivity index (χ2n) is 7.04. The first-order valence-electron chi connectivity index (χ1n) is 9.10. The van der Waals surface area contributed by atoms with Crippen LogP contribution in [0.3, 0.4) is 0 Å². The Morgan fingerprint density at radius 3 is 2.65 bits per heavy atom. The van der Waals surface area contributed by atoms with E-state index >= 15 is 0 Å². The van der Waals surface area contributed by atoms with Gasteiger partial charge in [0.25, 0.3) is 5.91 Å². The highest BCUT2D eigenvalue weighted by atomic mass is 35.5. The minimum absolute atomic E-state index is 0. The van der Waals surface area contributed by atoms with Crippen LogP contribution in [0.15, 0.2) is 29.2 Å². The van der Waals surface area contributed by atoms with Gasteiger partial charge in [0.05, 0.1) is 4.90 Å². The summed E-state index contributed by atoms with van der Waals surface area (Å²) in [6.07, 6.45) is 3.88. The molecule has 0 bridgehead atoms. The molecule has 2 aliphatic heterocycles. The molecule has 146 valence electrons. The van der Waals surface area contributed by atoms with Crippen LogP contribution < -0.4 is 10.6 Å². The first kappa shape index (κ1) is 21.2. The number of hydrogen-bond acceptors (Lipinski definition) is 4. The van der Waals surface area contributed by atoms with Crippen LogP contribution >= 0.6 is 12.4 Å². The van der Waals surface area contributed by atoms with Gasteiger partial charge in [-0.2, -0.15) is 4.31 Å². The summed E-state index contributed by atoms with van der Waals surface area (Å²) >= 11 is 0. The van der Waals surface area contributed by atoms with Gasteiger partial charge in [-0.15, -0.1) is 12.4 Å². The van der Waals surface area contributed by atoms with E-state index in [4.69, 9.17) is 0 Å². The molecule has 2 fully saturated rings. The van der Waals surface area contributed by atoms with Gasteiger partial charge in [0.15, 0.2) is 0 Å². The van der Waals surface area contributed by atoms with E-state index in [1.54, 1.807) is 18.2 Å². The molecule has 0 saturated carbocycles. The molecule has 6 nitrogen and oxygen atoms in total. The van der Waals surface area contributed by atoms with Crippen LogP contribution in [0.25, 0.3) is 0 Å². The zero-order valence-corrected chi connectivity index (χ0v) is 16.7. The summed E-state index contributed by atoms with van der Waals surface area (Å²) in [6.45, 7) is 4.97. The minimum atomic E-state index is -3.52. The summed E-state index contributed by atoms with van der Waals surface area (Å²) in [4.78, 5) is 12.8. The number of nitrogens with one attached hydrogen (secondary N) is 2. The number of amides is 1. The maximum absolute atomic E-state index is 12.8. The molecule has 0 spiro atoms. The predicted molar refractivity (Wildman–Crippen MR) is 104 cm³/mol. The number of carbonyl (C=O) groups excluding carboxylic acids is 1. The Labute approximate surface area is 162 Å². The molecule has 1 aromatic rings. The maximum Gasteiger partial charge on any atom is 0.251 e. The fourth-order valence-electron chi connectivity index (χ4n) is 3.49. The summed E-state index contributed by atoms with van der Waals surface area (Å²) in [5, 5.41) is 6.32. The van der Waals surface area contributed by atoms with Gasteiger partial charge in [-0.05, 0) is 49.9 Å². The Morgan fingerprint density at radius 2 is 1.96 bits per heavy atom. The fraction of sp³-hybridized carbons (Fsp3) is 0.611. The molecule has 26 heavy (non-hydrogen) atoms. The van der Waals surface area contributed by atoms with Gasteiger partial charge >= 0.3 is 0 Å². The van der Waals surface area contributed by atoms with Gasteiger partial charge in [-0.25, -0.2) is 8.42 Å². The van der Waals surface area contributed by atoms with Gasteiger partial charge in [0.2, 0.25) is 10.0 Å². The topological polar surface area (TPSA) is 78.5 Å². The lowest BCUT2D eigenvalue weighted by Crippen LogP contribution is -2.50. The van der Waals surface area contributed by atoms with Crippen LogP contribution in [-0.4, -0.2) is 50.9 Å². The van der Waals surface area contributed by atoms with E-state index in [-0.39, 0.29) is 29.3 Å². The van der Waals surface area contributed by atoms with Crippen LogP contribution in [0.1, 0.15) is 43.0 Å². The maximum atomic E-state index is 12.8. The molecule has 8 heteroatoms. The van der Waals surface area contributed by atoms with Crippen molar-refractivity contribution in [2.75, 3.05) is 26.2 Å². The van der Waals surface area contributed by atoms with Crippen molar-refractivity contribution < 1.29 is 13.2 Å². The predicted octanol–water partition coefficient (Wildman–Crippen LogP) is 2.01. The number of hydrogen-bond donors (Lipinski definition) is 2. The van der Waals surface area contributed by atoms with Crippen molar-refractivity contribution in [2.24, 2.45) is 5.92 Å². The highest BCUT2D eigenvalue weighted by Gasteiger charge is 2.27. The Morgan fingerprint density at radius 1 is 1.23 bits per heavy atom. The third-order valence-corrected chi connectivity index (χ3v) is 7.09.